The molecule has 0 saturated carbocycles. The first-order chi connectivity index (χ1) is 6.27. The third-order valence-electron chi connectivity index (χ3n) is 3.33. The summed E-state index contributed by atoms with van der Waals surface area (Å²) in [5, 5.41) is 0. The van der Waals surface area contributed by atoms with E-state index in [4.69, 9.17) is 9.47 Å². The van der Waals surface area contributed by atoms with Gasteiger partial charge in [0.15, 0.2) is 0 Å². The molecule has 0 aromatic carbocycles. The maximum Gasteiger partial charge on any atom is 0.148 e. The maximum absolute atomic E-state index is 10.6. The minimum Gasteiger partial charge on any atom is -0.381 e. The highest BCUT2D eigenvalue weighted by Gasteiger charge is 2.45. The second-order valence-electron chi connectivity index (χ2n) is 4.12. The predicted molar refractivity (Wildman–Crippen MR) is 47.5 cm³/mol. The van der Waals surface area contributed by atoms with Crippen molar-refractivity contribution in [3.63, 3.8) is 0 Å². The Labute approximate surface area is 78.4 Å². The van der Waals surface area contributed by atoms with E-state index in [-0.39, 0.29) is 11.7 Å². The van der Waals surface area contributed by atoms with Crippen molar-refractivity contribution in [1.29, 1.82) is 0 Å². The summed E-state index contributed by atoms with van der Waals surface area (Å²) in [7, 11) is 0. The fraction of sp³-hybridized carbons (Fsp3) is 0.900. The van der Waals surface area contributed by atoms with Crippen LogP contribution in [0.25, 0.3) is 0 Å². The minimum atomic E-state index is -0.166. The molecule has 0 radical (unpaired) electrons. The third kappa shape index (κ3) is 1.51. The number of carbonyl (C=O) groups excluding carboxylic acids is 1. The second kappa shape index (κ2) is 3.39. The van der Waals surface area contributed by atoms with E-state index in [1.807, 2.05) is 0 Å². The Morgan fingerprint density at radius 2 is 2.31 bits per heavy atom. The van der Waals surface area contributed by atoms with Crippen molar-refractivity contribution in [2.75, 3.05) is 13.2 Å². The fourth-order valence-electron chi connectivity index (χ4n) is 2.35. The summed E-state index contributed by atoms with van der Waals surface area (Å²) in [6.45, 7) is 3.69. The Kier molecular flexibility index (Phi) is 2.39. The molecule has 13 heavy (non-hydrogen) atoms. The lowest BCUT2D eigenvalue weighted by atomic mass is 9.82. The van der Waals surface area contributed by atoms with Gasteiger partial charge >= 0.3 is 0 Å². The van der Waals surface area contributed by atoms with Crippen molar-refractivity contribution >= 4 is 6.29 Å². The molecule has 3 nitrogen and oxygen atoms in total. The molecule has 0 bridgehead atoms. The molecule has 2 aliphatic heterocycles. The standard InChI is InChI=1S/C10H16O3/c1-8-7-12-5-4-10(8)3-2-9(6-11)13-10/h6,8-9H,2-5,7H2,1H3. The predicted octanol–water partition coefficient (Wildman–Crippen LogP) is 1.16. The zero-order valence-electron chi connectivity index (χ0n) is 7.99. The fourth-order valence-corrected chi connectivity index (χ4v) is 2.35. The molecule has 0 aromatic heterocycles. The van der Waals surface area contributed by atoms with Crippen LogP contribution in [0.4, 0.5) is 0 Å². The molecular formula is C10H16O3. The van der Waals surface area contributed by atoms with Gasteiger partial charge in [-0.05, 0) is 12.8 Å². The van der Waals surface area contributed by atoms with Crippen molar-refractivity contribution in [2.24, 2.45) is 5.92 Å². The lowest BCUT2D eigenvalue weighted by molar-refractivity contribution is -0.147. The Balaban J connectivity index is 2.07. The summed E-state index contributed by atoms with van der Waals surface area (Å²) in [6, 6.07) is 0. The van der Waals surface area contributed by atoms with Gasteiger partial charge in [-0.3, -0.25) is 0 Å². The monoisotopic (exact) mass is 184 g/mol. The van der Waals surface area contributed by atoms with E-state index in [0.29, 0.717) is 5.92 Å². The van der Waals surface area contributed by atoms with Gasteiger partial charge in [-0.25, -0.2) is 0 Å². The van der Waals surface area contributed by atoms with E-state index in [0.717, 1.165) is 38.8 Å². The van der Waals surface area contributed by atoms with Gasteiger partial charge in [0.25, 0.3) is 0 Å². The number of rotatable bonds is 1. The van der Waals surface area contributed by atoms with Gasteiger partial charge in [-0.2, -0.15) is 0 Å². The Hall–Kier alpha value is -0.410. The van der Waals surface area contributed by atoms with Crippen LogP contribution in [0.15, 0.2) is 0 Å². The van der Waals surface area contributed by atoms with Crippen molar-refractivity contribution < 1.29 is 14.3 Å². The molecule has 3 heteroatoms. The number of hydrogen-bond acceptors (Lipinski definition) is 3. The topological polar surface area (TPSA) is 35.5 Å². The molecule has 2 aliphatic rings. The number of carbonyl (C=O) groups is 1. The van der Waals surface area contributed by atoms with E-state index in [1.54, 1.807) is 0 Å². The maximum atomic E-state index is 10.6. The average molecular weight is 184 g/mol. The first-order valence-corrected chi connectivity index (χ1v) is 4.98. The molecule has 2 heterocycles. The summed E-state index contributed by atoms with van der Waals surface area (Å²) in [5.74, 6) is 0.422. The normalized spacial score (nSPS) is 45.3. The van der Waals surface area contributed by atoms with Gasteiger partial charge in [0, 0.05) is 18.9 Å². The van der Waals surface area contributed by atoms with Crippen LogP contribution in [-0.2, 0) is 14.3 Å². The van der Waals surface area contributed by atoms with Gasteiger partial charge in [0.1, 0.15) is 12.4 Å². The average Bonchev–Trinajstić information content (AvgIpc) is 2.56. The zero-order chi connectivity index (χ0) is 9.31. The van der Waals surface area contributed by atoms with Crippen LogP contribution in [0.2, 0.25) is 0 Å². The van der Waals surface area contributed by atoms with Crippen LogP contribution in [0.5, 0.6) is 0 Å². The SMILES string of the molecule is CC1COCCC12CCC(C=O)O2. The zero-order valence-corrected chi connectivity index (χ0v) is 7.99. The molecule has 2 rings (SSSR count). The summed E-state index contributed by atoms with van der Waals surface area (Å²) < 4.78 is 11.2. The summed E-state index contributed by atoms with van der Waals surface area (Å²) in [6.07, 6.45) is 3.60. The van der Waals surface area contributed by atoms with Crippen molar-refractivity contribution in [2.45, 2.75) is 37.9 Å². The number of ether oxygens (including phenoxy) is 2. The molecule has 0 aromatic rings. The van der Waals surface area contributed by atoms with Crippen LogP contribution >= 0.6 is 0 Å². The summed E-state index contributed by atoms with van der Waals surface area (Å²) in [5.41, 5.74) is -0.0518. The third-order valence-corrected chi connectivity index (χ3v) is 3.33. The highest BCUT2D eigenvalue weighted by Crippen LogP contribution is 2.41. The second-order valence-corrected chi connectivity index (χ2v) is 4.12. The van der Waals surface area contributed by atoms with Crippen molar-refractivity contribution in [1.82, 2.24) is 0 Å². The van der Waals surface area contributed by atoms with E-state index >= 15 is 0 Å². The van der Waals surface area contributed by atoms with Crippen LogP contribution in [0, 0.1) is 5.92 Å². The van der Waals surface area contributed by atoms with Gasteiger partial charge in [-0.1, -0.05) is 6.92 Å². The van der Waals surface area contributed by atoms with Crippen LogP contribution in [0.3, 0.4) is 0 Å². The van der Waals surface area contributed by atoms with Crippen molar-refractivity contribution in [3.05, 3.63) is 0 Å². The van der Waals surface area contributed by atoms with Crippen LogP contribution in [-0.4, -0.2) is 31.2 Å². The molecule has 2 saturated heterocycles. The Morgan fingerprint density at radius 1 is 1.46 bits per heavy atom. The molecule has 74 valence electrons. The molecule has 0 aliphatic carbocycles. The first kappa shape index (κ1) is 9.16. The summed E-state index contributed by atoms with van der Waals surface area (Å²) in [4.78, 5) is 10.6. The highest BCUT2D eigenvalue weighted by atomic mass is 16.5. The molecule has 3 atom stereocenters. The molecular weight excluding hydrogens is 168 g/mol. The quantitative estimate of drug-likeness (QED) is 0.574. The lowest BCUT2D eigenvalue weighted by Gasteiger charge is -2.38. The van der Waals surface area contributed by atoms with Gasteiger partial charge in [0.05, 0.1) is 12.2 Å². The van der Waals surface area contributed by atoms with Gasteiger partial charge in [-0.15, -0.1) is 0 Å². The van der Waals surface area contributed by atoms with E-state index in [9.17, 15) is 4.79 Å². The largest absolute Gasteiger partial charge is 0.381 e. The van der Waals surface area contributed by atoms with E-state index in [2.05, 4.69) is 6.92 Å². The summed E-state index contributed by atoms with van der Waals surface area (Å²) >= 11 is 0. The first-order valence-electron chi connectivity index (χ1n) is 4.98. The lowest BCUT2D eigenvalue weighted by Crippen LogP contribution is -2.44. The van der Waals surface area contributed by atoms with E-state index < -0.39 is 0 Å². The van der Waals surface area contributed by atoms with E-state index in [1.165, 1.54) is 0 Å². The Morgan fingerprint density at radius 3 is 2.92 bits per heavy atom. The number of aldehydes is 1. The van der Waals surface area contributed by atoms with Gasteiger partial charge in [0.2, 0.25) is 0 Å². The number of hydrogen-bond donors (Lipinski definition) is 0. The molecule has 2 fully saturated rings. The minimum absolute atomic E-state index is 0.0518. The van der Waals surface area contributed by atoms with Gasteiger partial charge < -0.3 is 14.3 Å². The molecule has 0 amide bonds. The Bertz CT molecular complexity index is 204. The van der Waals surface area contributed by atoms with Crippen molar-refractivity contribution in [3.8, 4) is 0 Å². The molecule has 1 spiro atoms. The van der Waals surface area contributed by atoms with Crippen LogP contribution in [0.1, 0.15) is 26.2 Å². The molecule has 3 unspecified atom stereocenters. The smallest absolute Gasteiger partial charge is 0.148 e. The van der Waals surface area contributed by atoms with Crippen LogP contribution < -0.4 is 0 Å². The molecule has 0 N–H and O–H groups in total. The highest BCUT2D eigenvalue weighted by molar-refractivity contribution is 5.56.